The van der Waals surface area contributed by atoms with Crippen LogP contribution in [0, 0.1) is 0 Å². The van der Waals surface area contributed by atoms with E-state index >= 15 is 0 Å². The Morgan fingerprint density at radius 3 is 2.40 bits per heavy atom. The van der Waals surface area contributed by atoms with Crippen LogP contribution in [-0.4, -0.2) is 79.0 Å². The summed E-state index contributed by atoms with van der Waals surface area (Å²) in [5.74, 6) is 0.188. The smallest absolute Gasteiger partial charge is 0.234 e. The lowest BCUT2D eigenvalue weighted by molar-refractivity contribution is -0.123. The number of thiophene rings is 1. The molecule has 0 atom stereocenters. The van der Waals surface area contributed by atoms with Crippen LogP contribution in [0.2, 0.25) is 4.34 Å². The molecule has 0 spiro atoms. The third-order valence-corrected chi connectivity index (χ3v) is 6.46. The third kappa shape index (κ3) is 5.93. The van der Waals surface area contributed by atoms with Crippen molar-refractivity contribution in [1.29, 1.82) is 0 Å². The summed E-state index contributed by atoms with van der Waals surface area (Å²) < 4.78 is 0.857. The molecule has 0 radical (unpaired) electrons. The number of halogens is 1. The Morgan fingerprint density at radius 1 is 1.12 bits per heavy atom. The number of nitrogens with one attached hydrogen (secondary N) is 1. The van der Waals surface area contributed by atoms with E-state index in [1.165, 1.54) is 4.88 Å². The summed E-state index contributed by atoms with van der Waals surface area (Å²) in [6.45, 7) is 11.0. The molecule has 1 N–H and O–H groups in total. The topological polar surface area (TPSA) is 38.8 Å². The average Bonchev–Trinajstić information content (AvgIpc) is 3.02. The number of amides is 1. The number of rotatable bonds is 6. The maximum absolute atomic E-state index is 12.3. The molecule has 140 valence electrons. The Hall–Kier alpha value is -0.660. The molecule has 7 heteroatoms. The van der Waals surface area contributed by atoms with Crippen molar-refractivity contribution >= 4 is 28.8 Å². The molecule has 3 rings (SSSR count). The Kier molecular flexibility index (Phi) is 7.13. The van der Waals surface area contributed by atoms with Gasteiger partial charge < -0.3 is 10.2 Å². The molecule has 2 saturated heterocycles. The van der Waals surface area contributed by atoms with Crippen LogP contribution in [0.1, 0.15) is 24.6 Å². The van der Waals surface area contributed by atoms with Crippen LogP contribution < -0.4 is 5.32 Å². The second kappa shape index (κ2) is 9.33. The minimum Gasteiger partial charge on any atom is -0.352 e. The standard InChI is InChI=1S/C18H29ClN4OS/c1-2-21-7-5-15(6-8-21)20-18(24)14-23-11-9-22(10-12-23)13-16-3-4-17(19)25-16/h3-4,15H,2,5-14H2,1H3,(H,20,24). The minimum absolute atomic E-state index is 0.188. The molecule has 2 aliphatic rings. The van der Waals surface area contributed by atoms with Crippen LogP contribution in [0.15, 0.2) is 12.1 Å². The maximum atomic E-state index is 12.3. The number of carbonyl (C=O) groups excluding carboxylic acids is 1. The van der Waals surface area contributed by atoms with E-state index < -0.39 is 0 Å². The van der Waals surface area contributed by atoms with E-state index in [0.717, 1.165) is 69.5 Å². The second-order valence-corrected chi connectivity index (χ2v) is 8.83. The van der Waals surface area contributed by atoms with Gasteiger partial charge in [0, 0.05) is 56.7 Å². The molecular weight excluding hydrogens is 356 g/mol. The highest BCUT2D eigenvalue weighted by Gasteiger charge is 2.22. The number of carbonyl (C=O) groups is 1. The highest BCUT2D eigenvalue weighted by molar-refractivity contribution is 7.16. The van der Waals surface area contributed by atoms with Gasteiger partial charge in [-0.1, -0.05) is 18.5 Å². The lowest BCUT2D eigenvalue weighted by Gasteiger charge is -2.35. The quantitative estimate of drug-likeness (QED) is 0.815. The SMILES string of the molecule is CCN1CCC(NC(=O)CN2CCN(Cc3ccc(Cl)s3)CC2)CC1. The Morgan fingerprint density at radius 2 is 1.80 bits per heavy atom. The van der Waals surface area contributed by atoms with Crippen molar-refractivity contribution in [2.45, 2.75) is 32.4 Å². The Labute approximate surface area is 159 Å². The van der Waals surface area contributed by atoms with Gasteiger partial charge in [-0.2, -0.15) is 0 Å². The van der Waals surface area contributed by atoms with E-state index in [-0.39, 0.29) is 5.91 Å². The minimum atomic E-state index is 0.188. The molecule has 0 saturated carbocycles. The average molecular weight is 385 g/mol. The molecule has 3 heterocycles. The second-order valence-electron chi connectivity index (χ2n) is 7.03. The van der Waals surface area contributed by atoms with Gasteiger partial charge in [-0.05, 0) is 31.5 Å². The lowest BCUT2D eigenvalue weighted by atomic mass is 10.1. The molecule has 5 nitrogen and oxygen atoms in total. The first kappa shape index (κ1) is 19.1. The van der Waals surface area contributed by atoms with E-state index in [1.54, 1.807) is 11.3 Å². The van der Waals surface area contributed by atoms with E-state index in [4.69, 9.17) is 11.6 Å². The third-order valence-electron chi connectivity index (χ3n) is 5.24. The van der Waals surface area contributed by atoms with Crippen LogP contribution in [0.25, 0.3) is 0 Å². The van der Waals surface area contributed by atoms with Crippen LogP contribution in [0.4, 0.5) is 0 Å². The molecule has 0 aromatic carbocycles. The van der Waals surface area contributed by atoms with Gasteiger partial charge in [0.2, 0.25) is 5.91 Å². The van der Waals surface area contributed by atoms with Crippen molar-refractivity contribution in [3.63, 3.8) is 0 Å². The van der Waals surface area contributed by atoms with Gasteiger partial charge in [0.15, 0.2) is 0 Å². The van der Waals surface area contributed by atoms with Gasteiger partial charge in [-0.15, -0.1) is 11.3 Å². The summed E-state index contributed by atoms with van der Waals surface area (Å²) >= 11 is 7.66. The van der Waals surface area contributed by atoms with Gasteiger partial charge in [0.1, 0.15) is 0 Å². The molecule has 1 aromatic heterocycles. The summed E-state index contributed by atoms with van der Waals surface area (Å²) in [4.78, 5) is 20.8. The maximum Gasteiger partial charge on any atom is 0.234 e. The molecule has 0 aliphatic carbocycles. The Balaban J connectivity index is 1.33. The number of hydrogen-bond donors (Lipinski definition) is 1. The van der Waals surface area contributed by atoms with Crippen molar-refractivity contribution in [1.82, 2.24) is 20.0 Å². The Bertz CT molecular complexity index is 551. The fraction of sp³-hybridized carbons (Fsp3) is 0.722. The van der Waals surface area contributed by atoms with Gasteiger partial charge in [-0.25, -0.2) is 0 Å². The van der Waals surface area contributed by atoms with Crippen molar-refractivity contribution in [2.24, 2.45) is 0 Å². The van der Waals surface area contributed by atoms with E-state index in [1.807, 2.05) is 6.07 Å². The van der Waals surface area contributed by atoms with Crippen LogP contribution in [-0.2, 0) is 11.3 Å². The van der Waals surface area contributed by atoms with E-state index in [0.29, 0.717) is 12.6 Å². The fourth-order valence-corrected chi connectivity index (χ4v) is 4.76. The normalized spacial score (nSPS) is 21.5. The van der Waals surface area contributed by atoms with Crippen molar-refractivity contribution < 1.29 is 4.79 Å². The number of piperazine rings is 1. The first-order valence-corrected chi connectivity index (χ1v) is 10.5. The zero-order chi connectivity index (χ0) is 17.6. The molecule has 1 aromatic rings. The zero-order valence-corrected chi connectivity index (χ0v) is 16.6. The molecule has 1 amide bonds. The lowest BCUT2D eigenvalue weighted by Crippen LogP contribution is -2.51. The number of piperidine rings is 1. The number of likely N-dealkylation sites (tertiary alicyclic amines) is 1. The highest BCUT2D eigenvalue weighted by atomic mass is 35.5. The summed E-state index contributed by atoms with van der Waals surface area (Å²) in [6.07, 6.45) is 2.16. The summed E-state index contributed by atoms with van der Waals surface area (Å²) in [5.41, 5.74) is 0. The van der Waals surface area contributed by atoms with Gasteiger partial charge in [0.25, 0.3) is 0 Å². The van der Waals surface area contributed by atoms with E-state index in [2.05, 4.69) is 33.0 Å². The van der Waals surface area contributed by atoms with E-state index in [9.17, 15) is 4.79 Å². The summed E-state index contributed by atoms with van der Waals surface area (Å²) in [5, 5.41) is 3.23. The summed E-state index contributed by atoms with van der Waals surface area (Å²) in [6, 6.07) is 4.43. The monoisotopic (exact) mass is 384 g/mol. The number of hydrogen-bond acceptors (Lipinski definition) is 5. The first-order valence-electron chi connectivity index (χ1n) is 9.33. The van der Waals surface area contributed by atoms with Crippen LogP contribution >= 0.6 is 22.9 Å². The zero-order valence-electron chi connectivity index (χ0n) is 15.0. The van der Waals surface area contributed by atoms with Gasteiger partial charge in [0.05, 0.1) is 10.9 Å². The molecule has 25 heavy (non-hydrogen) atoms. The van der Waals surface area contributed by atoms with Crippen molar-refractivity contribution in [3.8, 4) is 0 Å². The van der Waals surface area contributed by atoms with Crippen molar-refractivity contribution in [2.75, 3.05) is 52.4 Å². The molecule has 2 fully saturated rings. The van der Waals surface area contributed by atoms with Crippen LogP contribution in [0.3, 0.4) is 0 Å². The molecular formula is C18H29ClN4OS. The van der Waals surface area contributed by atoms with Crippen LogP contribution in [0.5, 0.6) is 0 Å². The molecule has 0 unspecified atom stereocenters. The largest absolute Gasteiger partial charge is 0.352 e. The molecule has 2 aliphatic heterocycles. The van der Waals surface area contributed by atoms with Crippen molar-refractivity contribution in [3.05, 3.63) is 21.3 Å². The highest BCUT2D eigenvalue weighted by Crippen LogP contribution is 2.23. The van der Waals surface area contributed by atoms with Gasteiger partial charge in [-0.3, -0.25) is 14.6 Å². The predicted octanol–water partition coefficient (Wildman–Crippen LogP) is 2.12. The number of nitrogens with zero attached hydrogens (tertiary/aromatic N) is 3. The predicted molar refractivity (Wildman–Crippen MR) is 104 cm³/mol. The summed E-state index contributed by atoms with van der Waals surface area (Å²) in [7, 11) is 0. The molecule has 0 bridgehead atoms. The fourth-order valence-electron chi connectivity index (χ4n) is 3.63. The van der Waals surface area contributed by atoms with Gasteiger partial charge >= 0.3 is 0 Å². The first-order chi connectivity index (χ1) is 12.1.